The largest absolute Gasteiger partial charge is 0.497 e. The first kappa shape index (κ1) is 14.4. The molecule has 104 valence electrons. The van der Waals surface area contributed by atoms with Crippen LogP contribution in [0.3, 0.4) is 0 Å². The monoisotopic (exact) mass is 335 g/mol. The molecule has 0 bridgehead atoms. The van der Waals surface area contributed by atoms with Crippen LogP contribution in [0.5, 0.6) is 5.75 Å². The predicted molar refractivity (Wildman–Crippen MR) is 80.7 cm³/mol. The Hall–Kier alpha value is -2.01. The molecule has 0 spiro atoms. The van der Waals surface area contributed by atoms with Crippen LogP contribution in [0.2, 0.25) is 0 Å². The van der Waals surface area contributed by atoms with Gasteiger partial charge in [0, 0.05) is 10.2 Å². The summed E-state index contributed by atoms with van der Waals surface area (Å²) in [6.45, 7) is 0.197. The van der Waals surface area contributed by atoms with E-state index in [2.05, 4.69) is 15.9 Å². The fourth-order valence-corrected chi connectivity index (χ4v) is 1.91. The molecule has 20 heavy (non-hydrogen) atoms. The number of carbonyl (C=O) groups excluding carboxylic acids is 1. The molecule has 2 rings (SSSR count). The van der Waals surface area contributed by atoms with Crippen LogP contribution in [-0.4, -0.2) is 13.1 Å². The molecule has 0 atom stereocenters. The number of rotatable bonds is 4. The van der Waals surface area contributed by atoms with Gasteiger partial charge in [-0.3, -0.25) is 0 Å². The van der Waals surface area contributed by atoms with E-state index in [9.17, 15) is 4.79 Å². The first-order valence-electron chi connectivity index (χ1n) is 5.95. The number of halogens is 1. The number of anilines is 1. The Kier molecular flexibility index (Phi) is 4.63. The predicted octanol–water partition coefficient (Wildman–Crippen LogP) is 3.40. The molecule has 0 radical (unpaired) electrons. The second-order valence-electron chi connectivity index (χ2n) is 4.16. The lowest BCUT2D eigenvalue weighted by Gasteiger charge is -2.09. The van der Waals surface area contributed by atoms with Crippen LogP contribution in [0, 0.1) is 0 Å². The van der Waals surface area contributed by atoms with E-state index in [4.69, 9.17) is 15.2 Å². The van der Waals surface area contributed by atoms with E-state index in [-0.39, 0.29) is 6.61 Å². The van der Waals surface area contributed by atoms with Crippen LogP contribution in [0.4, 0.5) is 5.69 Å². The van der Waals surface area contributed by atoms with E-state index in [1.165, 1.54) is 7.11 Å². The Morgan fingerprint density at radius 2 is 1.90 bits per heavy atom. The Morgan fingerprint density at radius 3 is 2.55 bits per heavy atom. The minimum absolute atomic E-state index is 0.197. The van der Waals surface area contributed by atoms with Crippen molar-refractivity contribution in [1.29, 1.82) is 0 Å². The number of nitrogen functional groups attached to an aromatic ring is 1. The molecule has 2 N–H and O–H groups in total. The van der Waals surface area contributed by atoms with Gasteiger partial charge in [0.25, 0.3) is 0 Å². The van der Waals surface area contributed by atoms with Gasteiger partial charge in [-0.25, -0.2) is 4.79 Å². The smallest absolute Gasteiger partial charge is 0.340 e. The number of methoxy groups -OCH3 is 1. The highest BCUT2D eigenvalue weighted by Gasteiger charge is 2.12. The SMILES string of the molecule is COc1ccc(N)c(C(=O)OCc2ccc(Br)cc2)c1. The average molecular weight is 336 g/mol. The zero-order chi connectivity index (χ0) is 14.5. The van der Waals surface area contributed by atoms with Gasteiger partial charge < -0.3 is 15.2 Å². The van der Waals surface area contributed by atoms with Crippen molar-refractivity contribution in [3.63, 3.8) is 0 Å². The van der Waals surface area contributed by atoms with Gasteiger partial charge in [-0.15, -0.1) is 0 Å². The zero-order valence-electron chi connectivity index (χ0n) is 10.9. The fraction of sp³-hybridized carbons (Fsp3) is 0.133. The maximum Gasteiger partial charge on any atom is 0.340 e. The van der Waals surface area contributed by atoms with Crippen LogP contribution in [0.15, 0.2) is 46.9 Å². The zero-order valence-corrected chi connectivity index (χ0v) is 12.5. The lowest BCUT2D eigenvalue weighted by Crippen LogP contribution is -2.08. The Bertz CT molecular complexity index is 611. The molecule has 0 fully saturated rings. The number of hydrogen-bond donors (Lipinski definition) is 1. The summed E-state index contributed by atoms with van der Waals surface area (Å²) in [5.74, 6) is 0.0964. The highest BCUT2D eigenvalue weighted by Crippen LogP contribution is 2.21. The standard InChI is InChI=1S/C15H14BrNO3/c1-19-12-6-7-14(17)13(8-12)15(18)20-9-10-2-4-11(16)5-3-10/h2-8H,9,17H2,1H3. The first-order chi connectivity index (χ1) is 9.60. The molecule has 0 aliphatic heterocycles. The van der Waals surface area contributed by atoms with Crippen molar-refractivity contribution in [2.24, 2.45) is 0 Å². The summed E-state index contributed by atoms with van der Waals surface area (Å²) in [6, 6.07) is 12.4. The molecule has 0 saturated carbocycles. The van der Waals surface area contributed by atoms with Crippen LogP contribution < -0.4 is 10.5 Å². The van der Waals surface area contributed by atoms with E-state index in [1.807, 2.05) is 24.3 Å². The van der Waals surface area contributed by atoms with E-state index >= 15 is 0 Å². The van der Waals surface area contributed by atoms with Crippen molar-refractivity contribution in [3.05, 3.63) is 58.1 Å². The average Bonchev–Trinajstić information content (AvgIpc) is 2.47. The van der Waals surface area contributed by atoms with Gasteiger partial charge in [0.1, 0.15) is 12.4 Å². The van der Waals surface area contributed by atoms with Crippen molar-refractivity contribution in [2.75, 3.05) is 12.8 Å². The number of nitrogens with two attached hydrogens (primary N) is 1. The molecule has 2 aromatic carbocycles. The molecule has 2 aromatic rings. The summed E-state index contributed by atoms with van der Waals surface area (Å²) in [6.07, 6.45) is 0. The van der Waals surface area contributed by atoms with Gasteiger partial charge in [-0.2, -0.15) is 0 Å². The van der Waals surface area contributed by atoms with Crippen LogP contribution in [-0.2, 0) is 11.3 Å². The Morgan fingerprint density at radius 1 is 1.20 bits per heavy atom. The van der Waals surface area contributed by atoms with Gasteiger partial charge >= 0.3 is 5.97 Å². The summed E-state index contributed by atoms with van der Waals surface area (Å²) in [7, 11) is 1.53. The van der Waals surface area contributed by atoms with Gasteiger partial charge in [-0.05, 0) is 35.9 Å². The third-order valence-corrected chi connectivity index (χ3v) is 3.29. The number of esters is 1. The van der Waals surface area contributed by atoms with Crippen molar-refractivity contribution >= 4 is 27.6 Å². The van der Waals surface area contributed by atoms with Crippen LogP contribution >= 0.6 is 15.9 Å². The molecular formula is C15H14BrNO3. The van der Waals surface area contributed by atoms with E-state index in [0.717, 1.165) is 10.0 Å². The van der Waals surface area contributed by atoms with Crippen LogP contribution in [0.1, 0.15) is 15.9 Å². The number of carbonyl (C=O) groups is 1. The number of benzene rings is 2. The normalized spacial score (nSPS) is 10.1. The molecular weight excluding hydrogens is 322 g/mol. The summed E-state index contributed by atoms with van der Waals surface area (Å²) < 4.78 is 11.3. The maximum absolute atomic E-state index is 12.0. The summed E-state index contributed by atoms with van der Waals surface area (Å²) in [5, 5.41) is 0. The maximum atomic E-state index is 12.0. The van der Waals surface area contributed by atoms with E-state index in [0.29, 0.717) is 17.0 Å². The van der Waals surface area contributed by atoms with Gasteiger partial charge in [-0.1, -0.05) is 28.1 Å². The quantitative estimate of drug-likeness (QED) is 0.687. The minimum atomic E-state index is -0.468. The Balaban J connectivity index is 2.06. The third-order valence-electron chi connectivity index (χ3n) is 2.76. The second-order valence-corrected chi connectivity index (χ2v) is 5.07. The molecule has 0 unspecified atom stereocenters. The van der Waals surface area contributed by atoms with Crippen LogP contribution in [0.25, 0.3) is 0 Å². The molecule has 5 heteroatoms. The van der Waals surface area contributed by atoms with Crippen molar-refractivity contribution in [2.45, 2.75) is 6.61 Å². The van der Waals surface area contributed by atoms with Gasteiger partial charge in [0.05, 0.1) is 12.7 Å². The van der Waals surface area contributed by atoms with Crippen molar-refractivity contribution < 1.29 is 14.3 Å². The van der Waals surface area contributed by atoms with E-state index in [1.54, 1.807) is 18.2 Å². The summed E-state index contributed by atoms with van der Waals surface area (Å²) >= 11 is 3.35. The molecule has 0 aliphatic rings. The van der Waals surface area contributed by atoms with Gasteiger partial charge in [0.15, 0.2) is 0 Å². The molecule has 0 amide bonds. The lowest BCUT2D eigenvalue weighted by molar-refractivity contribution is 0.0473. The third kappa shape index (κ3) is 3.51. The van der Waals surface area contributed by atoms with Crippen molar-refractivity contribution in [1.82, 2.24) is 0 Å². The molecule has 0 heterocycles. The molecule has 4 nitrogen and oxygen atoms in total. The first-order valence-corrected chi connectivity index (χ1v) is 6.74. The fourth-order valence-electron chi connectivity index (χ4n) is 1.65. The summed E-state index contributed by atoms with van der Waals surface area (Å²) in [5.41, 5.74) is 7.35. The molecule has 0 aromatic heterocycles. The highest BCUT2D eigenvalue weighted by molar-refractivity contribution is 9.10. The minimum Gasteiger partial charge on any atom is -0.497 e. The summed E-state index contributed by atoms with van der Waals surface area (Å²) in [4.78, 5) is 12.0. The second kappa shape index (κ2) is 6.43. The highest BCUT2D eigenvalue weighted by atomic mass is 79.9. The topological polar surface area (TPSA) is 61.5 Å². The van der Waals surface area contributed by atoms with Gasteiger partial charge in [0.2, 0.25) is 0 Å². The molecule has 0 saturated heterocycles. The van der Waals surface area contributed by atoms with Crippen molar-refractivity contribution in [3.8, 4) is 5.75 Å². The number of ether oxygens (including phenoxy) is 2. The number of hydrogen-bond acceptors (Lipinski definition) is 4. The lowest BCUT2D eigenvalue weighted by atomic mass is 10.1. The molecule has 0 aliphatic carbocycles. The van der Waals surface area contributed by atoms with E-state index < -0.39 is 5.97 Å². The Labute approximate surface area is 125 Å².